The predicted molar refractivity (Wildman–Crippen MR) is 57.0 cm³/mol. The molecule has 0 spiro atoms. The van der Waals surface area contributed by atoms with Crippen LogP contribution in [0.2, 0.25) is 0 Å². The quantitative estimate of drug-likeness (QED) is 0.532. The molecule has 2 rings (SSSR count). The summed E-state index contributed by atoms with van der Waals surface area (Å²) in [5.41, 5.74) is 1.36. The summed E-state index contributed by atoms with van der Waals surface area (Å²) in [6.45, 7) is 2.00. The molecule has 0 N–H and O–H groups in total. The third-order valence-corrected chi connectivity index (χ3v) is 2.17. The molecule has 0 amide bonds. The van der Waals surface area contributed by atoms with E-state index in [4.69, 9.17) is 0 Å². The number of rotatable bonds is 2. The second-order valence-electron chi connectivity index (χ2n) is 3.43. The fourth-order valence-corrected chi connectivity index (χ4v) is 1.51. The fraction of sp³-hybridized carbons (Fsp3) is 0.250. The van der Waals surface area contributed by atoms with Gasteiger partial charge in [0.2, 0.25) is 0 Å². The van der Waals surface area contributed by atoms with Crippen LogP contribution in [0.25, 0.3) is 0 Å². The molecule has 1 aliphatic rings. The molecule has 0 fully saturated rings. The zero-order chi connectivity index (χ0) is 9.10. The average Bonchev–Trinajstić information content (AvgIpc) is 2.53. The molecule has 0 radical (unpaired) electrons. The van der Waals surface area contributed by atoms with Crippen LogP contribution in [0.5, 0.6) is 0 Å². The van der Waals surface area contributed by atoms with Crippen LogP contribution in [0.1, 0.15) is 5.56 Å². The number of nitrogens with zero attached hydrogens (tertiary/aromatic N) is 2. The Balaban J connectivity index is -0.000000196. The van der Waals surface area contributed by atoms with Gasteiger partial charge < -0.3 is 59.4 Å². The van der Waals surface area contributed by atoms with E-state index in [1.54, 1.807) is 0 Å². The van der Waals surface area contributed by atoms with Crippen LogP contribution in [-0.4, -0.2) is 23.5 Å². The van der Waals surface area contributed by atoms with Crippen molar-refractivity contribution < 1.29 is 49.6 Å². The molecule has 0 saturated carbocycles. The molecule has 0 unspecified atom stereocenters. The maximum Gasteiger partial charge on any atom is 4.00 e. The summed E-state index contributed by atoms with van der Waals surface area (Å²) in [4.78, 5) is 4.46. The Kier molecular flexibility index (Phi) is 19.2. The Hall–Kier alpha value is -0.280. The Morgan fingerprint density at radius 3 is 1.94 bits per heavy atom. The van der Waals surface area contributed by atoms with Crippen molar-refractivity contribution in [3.05, 3.63) is 55.7 Å². The predicted octanol–water partition coefficient (Wildman–Crippen LogP) is -10.0. The van der Waals surface area contributed by atoms with E-state index in [0.717, 1.165) is 13.2 Å². The molecule has 0 aliphatic carbocycles. The summed E-state index contributed by atoms with van der Waals surface area (Å²) in [7, 11) is 2.08. The molecule has 0 bridgehead atoms. The second-order valence-corrected chi connectivity index (χ2v) is 3.43. The maximum absolute atomic E-state index is 2.29. The van der Waals surface area contributed by atoms with Crippen molar-refractivity contribution in [2.75, 3.05) is 13.7 Å². The number of hydrogen-bond donors (Lipinski definition) is 0. The Morgan fingerprint density at radius 2 is 1.50 bits per heavy atom. The van der Waals surface area contributed by atoms with E-state index in [0.29, 0.717) is 0 Å². The summed E-state index contributed by atoms with van der Waals surface area (Å²) >= 11 is 0. The van der Waals surface area contributed by atoms with Gasteiger partial charge in [0.15, 0.2) is 0 Å². The molecule has 100 valence electrons. The smallest absolute Gasteiger partial charge is 1.00 e. The SMILES string of the molecule is CN1C=CN(Cc2ccccc2)C1.[C+4].[Cl-].[Cl-].[Cl-].[Cl-]. The molecule has 0 aromatic heterocycles. The monoisotopic (exact) mass is 326 g/mol. The van der Waals surface area contributed by atoms with Crippen LogP contribution in [0, 0.1) is 7.43 Å². The first-order valence-electron chi connectivity index (χ1n) is 4.51. The van der Waals surface area contributed by atoms with Crippen LogP contribution in [-0.2, 0) is 6.54 Å². The summed E-state index contributed by atoms with van der Waals surface area (Å²) < 4.78 is 0. The van der Waals surface area contributed by atoms with Crippen LogP contribution < -0.4 is 49.6 Å². The van der Waals surface area contributed by atoms with Gasteiger partial charge in [0.05, 0.1) is 6.67 Å². The fourth-order valence-electron chi connectivity index (χ4n) is 1.51. The van der Waals surface area contributed by atoms with Crippen molar-refractivity contribution >= 4 is 0 Å². The molecule has 0 saturated heterocycles. The Morgan fingerprint density at radius 1 is 0.944 bits per heavy atom. The van der Waals surface area contributed by atoms with Gasteiger partial charge in [-0.25, -0.2) is 0 Å². The van der Waals surface area contributed by atoms with E-state index in [1.807, 2.05) is 0 Å². The van der Waals surface area contributed by atoms with Crippen molar-refractivity contribution in [2.45, 2.75) is 6.54 Å². The molecule has 1 aliphatic heterocycles. The van der Waals surface area contributed by atoms with E-state index in [-0.39, 0.29) is 57.1 Å². The molecular formula is C12H14Cl4N2. The van der Waals surface area contributed by atoms with Crippen molar-refractivity contribution in [3.8, 4) is 0 Å². The molecule has 6 heteroatoms. The van der Waals surface area contributed by atoms with E-state index in [9.17, 15) is 0 Å². The molecule has 0 atom stereocenters. The largest absolute Gasteiger partial charge is 4.00 e. The third kappa shape index (κ3) is 7.93. The van der Waals surface area contributed by atoms with E-state index in [2.05, 4.69) is 59.6 Å². The van der Waals surface area contributed by atoms with Crippen LogP contribution >= 0.6 is 0 Å². The average molecular weight is 328 g/mol. The summed E-state index contributed by atoms with van der Waals surface area (Å²) in [5, 5.41) is 0. The summed E-state index contributed by atoms with van der Waals surface area (Å²) in [6.07, 6.45) is 4.23. The van der Waals surface area contributed by atoms with Gasteiger partial charge >= 0.3 is 7.43 Å². The van der Waals surface area contributed by atoms with E-state index >= 15 is 0 Å². The van der Waals surface area contributed by atoms with Crippen molar-refractivity contribution in [2.24, 2.45) is 0 Å². The van der Waals surface area contributed by atoms with Crippen molar-refractivity contribution in [1.82, 2.24) is 9.80 Å². The Bertz CT molecular complexity index is 306. The minimum absolute atomic E-state index is 0. The van der Waals surface area contributed by atoms with Crippen molar-refractivity contribution in [1.29, 1.82) is 0 Å². The van der Waals surface area contributed by atoms with E-state index < -0.39 is 0 Å². The zero-order valence-corrected chi connectivity index (χ0v) is 12.9. The maximum atomic E-state index is 2.29. The van der Waals surface area contributed by atoms with Crippen LogP contribution in [0.15, 0.2) is 42.7 Å². The molecule has 2 nitrogen and oxygen atoms in total. The zero-order valence-electron chi connectivity index (χ0n) is 9.86. The summed E-state index contributed by atoms with van der Waals surface area (Å²) in [6, 6.07) is 10.5. The van der Waals surface area contributed by atoms with Gasteiger partial charge in [0.1, 0.15) is 0 Å². The molecule has 1 aromatic carbocycles. The van der Waals surface area contributed by atoms with E-state index in [1.165, 1.54) is 5.56 Å². The molecule has 18 heavy (non-hydrogen) atoms. The molecule has 1 aromatic rings. The van der Waals surface area contributed by atoms with Crippen LogP contribution in [0.3, 0.4) is 0 Å². The van der Waals surface area contributed by atoms with Gasteiger partial charge in [-0.15, -0.1) is 0 Å². The molecule has 1 heterocycles. The van der Waals surface area contributed by atoms with Gasteiger partial charge in [-0.05, 0) is 5.56 Å². The Labute approximate surface area is 135 Å². The van der Waals surface area contributed by atoms with Gasteiger partial charge in [-0.1, -0.05) is 30.3 Å². The first-order valence-corrected chi connectivity index (χ1v) is 4.51. The first kappa shape index (κ1) is 26.3. The van der Waals surface area contributed by atoms with Crippen molar-refractivity contribution in [3.63, 3.8) is 0 Å². The second kappa shape index (κ2) is 13.2. The summed E-state index contributed by atoms with van der Waals surface area (Å²) in [5.74, 6) is 0. The molecular weight excluding hydrogens is 314 g/mol. The van der Waals surface area contributed by atoms with Gasteiger partial charge in [-0.2, -0.15) is 0 Å². The van der Waals surface area contributed by atoms with Gasteiger partial charge in [0.25, 0.3) is 0 Å². The standard InChI is InChI=1S/C11H14N2.C.4ClH/c1-12-7-8-13(10-12)9-11-5-3-2-4-6-11;;;;;/h2-8H,9-10H2,1H3;;4*1H/q;+4;;;;/p-4. The topological polar surface area (TPSA) is 6.48 Å². The van der Waals surface area contributed by atoms with Gasteiger partial charge in [0, 0.05) is 26.0 Å². The number of hydrogen-bond acceptors (Lipinski definition) is 2. The minimum atomic E-state index is 0. The first-order chi connectivity index (χ1) is 6.34. The normalized spacial score (nSPS) is 11.2. The number of halogens is 4. The van der Waals surface area contributed by atoms with Gasteiger partial charge in [-0.3, -0.25) is 0 Å². The third-order valence-electron chi connectivity index (χ3n) is 2.17. The number of benzene rings is 1. The van der Waals surface area contributed by atoms with Crippen LogP contribution in [0.4, 0.5) is 0 Å². The minimum Gasteiger partial charge on any atom is -1.00 e.